The molecule has 0 bridgehead atoms. The van der Waals surface area contributed by atoms with Crippen molar-refractivity contribution in [3.05, 3.63) is 23.2 Å². The van der Waals surface area contributed by atoms with E-state index in [9.17, 15) is 5.11 Å². The van der Waals surface area contributed by atoms with E-state index in [4.69, 9.17) is 11.6 Å². The molecule has 0 atom stereocenters. The van der Waals surface area contributed by atoms with Crippen LogP contribution < -0.4 is 4.90 Å². The summed E-state index contributed by atoms with van der Waals surface area (Å²) in [5.74, 6) is 1.17. The Hall–Kier alpha value is -0.640. The van der Waals surface area contributed by atoms with Gasteiger partial charge in [0.2, 0.25) is 0 Å². The van der Waals surface area contributed by atoms with E-state index in [-0.39, 0.29) is 18.2 Å². The molecule has 0 aromatic heterocycles. The number of aromatic hydroxyl groups is 1. The molecule has 1 aromatic carbocycles. The molecule has 1 saturated carbocycles. The van der Waals surface area contributed by atoms with Crippen LogP contribution in [0.4, 0.5) is 5.69 Å². The lowest BCUT2D eigenvalue weighted by molar-refractivity contribution is 0.237. The van der Waals surface area contributed by atoms with Gasteiger partial charge in [-0.3, -0.25) is 4.90 Å². The summed E-state index contributed by atoms with van der Waals surface area (Å²) in [6.45, 7) is 5.60. The Labute approximate surface area is 157 Å². The largest absolute Gasteiger partial charge is 0.506 e. The number of hydrogen-bond donors (Lipinski definition) is 1. The molecule has 1 heterocycles. The first-order valence-electron chi connectivity index (χ1n) is 9.18. The molecule has 1 N–H and O–H groups in total. The SMILES string of the molecule is Cl.Oc1ccc(N2CCN(CCCC3CCCCC3)CC2)cc1Cl. The van der Waals surface area contributed by atoms with Crippen molar-refractivity contribution in [2.75, 3.05) is 37.6 Å². The van der Waals surface area contributed by atoms with Gasteiger partial charge >= 0.3 is 0 Å². The van der Waals surface area contributed by atoms with E-state index in [1.54, 1.807) is 6.07 Å². The van der Waals surface area contributed by atoms with Crippen molar-refractivity contribution in [2.45, 2.75) is 44.9 Å². The van der Waals surface area contributed by atoms with Crippen molar-refractivity contribution in [3.8, 4) is 5.75 Å². The first kappa shape index (κ1) is 19.7. The fourth-order valence-electron chi connectivity index (χ4n) is 4.00. The second-order valence-corrected chi connectivity index (χ2v) is 7.52. The summed E-state index contributed by atoms with van der Waals surface area (Å²) in [4.78, 5) is 4.96. The van der Waals surface area contributed by atoms with Crippen LogP contribution in [0.25, 0.3) is 0 Å². The van der Waals surface area contributed by atoms with Crippen LogP contribution in [-0.2, 0) is 0 Å². The van der Waals surface area contributed by atoms with Crippen LogP contribution in [0.2, 0.25) is 5.02 Å². The summed E-state index contributed by atoms with van der Waals surface area (Å²) in [6.07, 6.45) is 10.1. The zero-order valence-corrected chi connectivity index (χ0v) is 16.0. The van der Waals surface area contributed by atoms with Gasteiger partial charge in [0, 0.05) is 31.9 Å². The van der Waals surface area contributed by atoms with Gasteiger partial charge in [-0.25, -0.2) is 0 Å². The Morgan fingerprint density at radius 3 is 2.42 bits per heavy atom. The van der Waals surface area contributed by atoms with Gasteiger partial charge in [0.05, 0.1) is 5.02 Å². The number of halogens is 2. The van der Waals surface area contributed by atoms with Gasteiger partial charge in [-0.2, -0.15) is 0 Å². The van der Waals surface area contributed by atoms with Crippen molar-refractivity contribution in [3.63, 3.8) is 0 Å². The van der Waals surface area contributed by atoms with E-state index in [0.717, 1.165) is 37.8 Å². The summed E-state index contributed by atoms with van der Waals surface area (Å²) in [5.41, 5.74) is 1.12. The molecule has 5 heteroatoms. The van der Waals surface area contributed by atoms with E-state index in [0.29, 0.717) is 5.02 Å². The molecule has 0 spiro atoms. The second-order valence-electron chi connectivity index (χ2n) is 7.11. The van der Waals surface area contributed by atoms with Crippen LogP contribution in [0.15, 0.2) is 18.2 Å². The average Bonchev–Trinajstić information content (AvgIpc) is 2.59. The molecular weight excluding hydrogens is 343 g/mol. The molecule has 0 radical (unpaired) electrons. The van der Waals surface area contributed by atoms with E-state index in [1.165, 1.54) is 51.5 Å². The molecule has 1 aliphatic heterocycles. The molecule has 3 rings (SSSR count). The number of nitrogens with zero attached hydrogens (tertiary/aromatic N) is 2. The Bertz CT molecular complexity index is 498. The van der Waals surface area contributed by atoms with Crippen molar-refractivity contribution < 1.29 is 5.11 Å². The zero-order chi connectivity index (χ0) is 16.1. The van der Waals surface area contributed by atoms with E-state index in [1.807, 2.05) is 12.1 Å². The highest BCUT2D eigenvalue weighted by atomic mass is 35.5. The van der Waals surface area contributed by atoms with Gasteiger partial charge < -0.3 is 10.0 Å². The topological polar surface area (TPSA) is 26.7 Å². The van der Waals surface area contributed by atoms with Crippen LogP contribution in [0.5, 0.6) is 5.75 Å². The molecule has 24 heavy (non-hydrogen) atoms. The molecule has 2 aliphatic rings. The number of phenols is 1. The molecule has 1 saturated heterocycles. The number of piperazine rings is 1. The lowest BCUT2D eigenvalue weighted by Crippen LogP contribution is -2.46. The maximum absolute atomic E-state index is 9.53. The smallest absolute Gasteiger partial charge is 0.134 e. The van der Waals surface area contributed by atoms with Crippen LogP contribution in [0, 0.1) is 5.92 Å². The molecular formula is C19H30Cl2N2O. The van der Waals surface area contributed by atoms with Gasteiger partial charge in [-0.1, -0.05) is 43.7 Å². The molecule has 0 unspecified atom stereocenters. The maximum Gasteiger partial charge on any atom is 0.134 e. The Morgan fingerprint density at radius 1 is 1.04 bits per heavy atom. The number of hydrogen-bond acceptors (Lipinski definition) is 3. The molecule has 2 fully saturated rings. The highest BCUT2D eigenvalue weighted by molar-refractivity contribution is 6.32. The third-order valence-corrected chi connectivity index (χ3v) is 5.78. The van der Waals surface area contributed by atoms with Crippen molar-refractivity contribution >= 4 is 29.7 Å². The van der Waals surface area contributed by atoms with Gasteiger partial charge in [-0.15, -0.1) is 12.4 Å². The van der Waals surface area contributed by atoms with Crippen molar-refractivity contribution in [1.82, 2.24) is 4.90 Å². The fourth-order valence-corrected chi connectivity index (χ4v) is 4.18. The van der Waals surface area contributed by atoms with Gasteiger partial charge in [-0.05, 0) is 43.5 Å². The Morgan fingerprint density at radius 2 is 1.75 bits per heavy atom. The van der Waals surface area contributed by atoms with E-state index >= 15 is 0 Å². The number of anilines is 1. The third-order valence-electron chi connectivity index (χ3n) is 5.48. The van der Waals surface area contributed by atoms with Crippen molar-refractivity contribution in [1.29, 1.82) is 0 Å². The number of benzene rings is 1. The monoisotopic (exact) mass is 372 g/mol. The number of phenolic OH excluding ortho intramolecular Hbond substituents is 1. The van der Waals surface area contributed by atoms with Gasteiger partial charge in [0.15, 0.2) is 0 Å². The Balaban J connectivity index is 0.00000208. The average molecular weight is 373 g/mol. The highest BCUT2D eigenvalue weighted by Crippen LogP contribution is 2.29. The van der Waals surface area contributed by atoms with Gasteiger partial charge in [0.25, 0.3) is 0 Å². The highest BCUT2D eigenvalue weighted by Gasteiger charge is 2.18. The van der Waals surface area contributed by atoms with Crippen LogP contribution in [0.3, 0.4) is 0 Å². The normalized spacial score (nSPS) is 20.0. The molecule has 136 valence electrons. The van der Waals surface area contributed by atoms with Gasteiger partial charge in [0.1, 0.15) is 5.75 Å². The summed E-state index contributed by atoms with van der Waals surface area (Å²) >= 11 is 6.02. The molecule has 1 aromatic rings. The summed E-state index contributed by atoms with van der Waals surface area (Å²) in [6, 6.07) is 5.52. The first-order valence-corrected chi connectivity index (χ1v) is 9.56. The lowest BCUT2D eigenvalue weighted by Gasteiger charge is -2.36. The lowest BCUT2D eigenvalue weighted by atomic mass is 9.86. The molecule has 1 aliphatic carbocycles. The quantitative estimate of drug-likeness (QED) is 0.791. The minimum absolute atomic E-state index is 0. The number of rotatable bonds is 5. The molecule has 0 amide bonds. The van der Waals surface area contributed by atoms with E-state index in [2.05, 4.69) is 9.80 Å². The third kappa shape index (κ3) is 5.44. The second kappa shape index (κ2) is 9.74. The van der Waals surface area contributed by atoms with Crippen molar-refractivity contribution in [2.24, 2.45) is 5.92 Å². The standard InChI is InChI=1S/C19H29ClN2O.ClH/c20-18-15-17(8-9-19(18)23)22-13-11-21(12-14-22)10-4-7-16-5-2-1-3-6-16;/h8-9,15-16,23H,1-7,10-14H2;1H. The summed E-state index contributed by atoms with van der Waals surface area (Å²) in [7, 11) is 0. The summed E-state index contributed by atoms with van der Waals surface area (Å²) in [5, 5.41) is 9.97. The van der Waals surface area contributed by atoms with E-state index < -0.39 is 0 Å². The van der Waals surface area contributed by atoms with Crippen LogP contribution >= 0.6 is 24.0 Å². The predicted octanol–water partition coefficient (Wildman–Crippen LogP) is 4.95. The van der Waals surface area contributed by atoms with Crippen LogP contribution in [0.1, 0.15) is 44.9 Å². The van der Waals surface area contributed by atoms with Crippen LogP contribution in [-0.4, -0.2) is 42.7 Å². The predicted molar refractivity (Wildman–Crippen MR) is 105 cm³/mol. The minimum Gasteiger partial charge on any atom is -0.506 e. The fraction of sp³-hybridized carbons (Fsp3) is 0.684. The zero-order valence-electron chi connectivity index (χ0n) is 14.4. The first-order chi connectivity index (χ1) is 11.2. The molecule has 3 nitrogen and oxygen atoms in total. The maximum atomic E-state index is 9.53. The minimum atomic E-state index is 0. The Kier molecular flexibility index (Phi) is 7.99. The summed E-state index contributed by atoms with van der Waals surface area (Å²) < 4.78 is 0.